The van der Waals surface area contributed by atoms with Gasteiger partial charge in [-0.2, -0.15) is 5.10 Å². The van der Waals surface area contributed by atoms with Gasteiger partial charge in [-0.25, -0.2) is 4.98 Å². The fourth-order valence-corrected chi connectivity index (χ4v) is 3.96. The Morgan fingerprint density at radius 3 is 2.64 bits per heavy atom. The van der Waals surface area contributed by atoms with Crippen LogP contribution in [0.15, 0.2) is 24.3 Å². The van der Waals surface area contributed by atoms with E-state index in [-0.39, 0.29) is 0 Å². The summed E-state index contributed by atoms with van der Waals surface area (Å²) in [6, 6.07) is 8.48. The number of nitrogen functional groups attached to an aromatic ring is 1. The van der Waals surface area contributed by atoms with Crippen LogP contribution in [0.4, 0.5) is 5.82 Å². The van der Waals surface area contributed by atoms with Crippen LogP contribution in [-0.2, 0) is 19.5 Å². The standard InChI is InChI=1S/C21H29N7/c1-2-3-4-17-25-19-20(18(26-27-21(19)23)16-9-10-24-12-16)28(17)13-15-7-5-14(11-22)6-8-15/h5-8,16,24H,2-4,9-13,22H2,1H3,(H2,23,27). The van der Waals surface area contributed by atoms with Gasteiger partial charge >= 0.3 is 0 Å². The molecule has 7 heteroatoms. The first-order chi connectivity index (χ1) is 13.7. The quantitative estimate of drug-likeness (QED) is 0.581. The number of nitrogens with zero attached hydrogens (tertiary/aromatic N) is 4. The van der Waals surface area contributed by atoms with E-state index < -0.39 is 0 Å². The topological polar surface area (TPSA) is 108 Å². The second-order valence-electron chi connectivity index (χ2n) is 7.60. The third kappa shape index (κ3) is 3.59. The minimum Gasteiger partial charge on any atom is -0.380 e. The van der Waals surface area contributed by atoms with Crippen molar-refractivity contribution in [1.29, 1.82) is 0 Å². The molecule has 148 valence electrons. The Morgan fingerprint density at radius 1 is 1.18 bits per heavy atom. The van der Waals surface area contributed by atoms with Crippen LogP contribution < -0.4 is 16.8 Å². The van der Waals surface area contributed by atoms with Gasteiger partial charge in [-0.05, 0) is 30.5 Å². The van der Waals surface area contributed by atoms with E-state index in [1.54, 1.807) is 0 Å². The van der Waals surface area contributed by atoms with Gasteiger partial charge in [0.25, 0.3) is 0 Å². The van der Waals surface area contributed by atoms with Crippen molar-refractivity contribution in [3.63, 3.8) is 0 Å². The third-order valence-electron chi connectivity index (χ3n) is 5.60. The first kappa shape index (κ1) is 18.8. The molecule has 4 rings (SSSR count). The average Bonchev–Trinajstić information content (AvgIpc) is 3.37. The third-order valence-corrected chi connectivity index (χ3v) is 5.60. The summed E-state index contributed by atoms with van der Waals surface area (Å²) in [5, 5.41) is 12.2. The monoisotopic (exact) mass is 379 g/mol. The van der Waals surface area contributed by atoms with Crippen LogP contribution >= 0.6 is 0 Å². The highest BCUT2D eigenvalue weighted by Crippen LogP contribution is 2.31. The number of benzene rings is 1. The lowest BCUT2D eigenvalue weighted by Crippen LogP contribution is -2.13. The minimum atomic E-state index is 0.352. The predicted octanol–water partition coefficient (Wildman–Crippen LogP) is 2.33. The maximum atomic E-state index is 6.19. The molecule has 1 fully saturated rings. The Bertz CT molecular complexity index is 940. The van der Waals surface area contributed by atoms with Gasteiger partial charge in [-0.3, -0.25) is 0 Å². The summed E-state index contributed by atoms with van der Waals surface area (Å²) in [5.41, 5.74) is 17.2. The molecule has 0 radical (unpaired) electrons. The van der Waals surface area contributed by atoms with Gasteiger partial charge in [0.1, 0.15) is 11.3 Å². The van der Waals surface area contributed by atoms with Crippen molar-refractivity contribution >= 4 is 16.9 Å². The Balaban J connectivity index is 1.83. The molecule has 1 atom stereocenters. The van der Waals surface area contributed by atoms with Crippen molar-refractivity contribution in [2.75, 3.05) is 18.8 Å². The molecule has 7 nitrogen and oxygen atoms in total. The smallest absolute Gasteiger partial charge is 0.174 e. The van der Waals surface area contributed by atoms with Gasteiger partial charge in [0.15, 0.2) is 5.82 Å². The number of hydrogen-bond donors (Lipinski definition) is 3. The number of imidazole rings is 1. The molecule has 3 heterocycles. The first-order valence-corrected chi connectivity index (χ1v) is 10.2. The number of aryl methyl sites for hydroxylation is 1. The highest BCUT2D eigenvalue weighted by molar-refractivity contribution is 5.87. The SMILES string of the molecule is CCCCc1nc2c(N)nnc(C3CCNC3)c2n1Cc1ccc(CN)cc1. The maximum absolute atomic E-state index is 6.19. The van der Waals surface area contributed by atoms with E-state index in [0.717, 1.165) is 73.4 Å². The van der Waals surface area contributed by atoms with Crippen molar-refractivity contribution in [2.45, 2.75) is 51.6 Å². The molecular weight excluding hydrogens is 350 g/mol. The Kier molecular flexibility index (Phi) is 5.54. The van der Waals surface area contributed by atoms with Crippen LogP contribution in [0.5, 0.6) is 0 Å². The van der Waals surface area contributed by atoms with E-state index in [9.17, 15) is 0 Å². The van der Waals surface area contributed by atoms with Crippen molar-refractivity contribution in [3.8, 4) is 0 Å². The van der Waals surface area contributed by atoms with Crippen molar-refractivity contribution in [1.82, 2.24) is 25.1 Å². The van der Waals surface area contributed by atoms with Crippen molar-refractivity contribution in [3.05, 3.63) is 46.9 Å². The number of nitrogens with two attached hydrogens (primary N) is 2. The van der Waals surface area contributed by atoms with Gasteiger partial charge < -0.3 is 21.4 Å². The molecule has 3 aromatic rings. The van der Waals surface area contributed by atoms with Crippen LogP contribution in [0, 0.1) is 0 Å². The van der Waals surface area contributed by atoms with Gasteiger partial charge in [0.2, 0.25) is 0 Å². The second-order valence-corrected chi connectivity index (χ2v) is 7.60. The molecular formula is C21H29N7. The van der Waals surface area contributed by atoms with E-state index >= 15 is 0 Å². The highest BCUT2D eigenvalue weighted by atomic mass is 15.2. The lowest BCUT2D eigenvalue weighted by atomic mass is 10.0. The number of anilines is 1. The number of unbranched alkanes of at least 4 members (excludes halogenated alkanes) is 1. The molecule has 0 aliphatic carbocycles. The number of rotatable bonds is 7. The zero-order valence-electron chi connectivity index (χ0n) is 16.5. The molecule has 0 amide bonds. The molecule has 1 aliphatic heterocycles. The summed E-state index contributed by atoms with van der Waals surface area (Å²) in [7, 11) is 0. The summed E-state index contributed by atoms with van der Waals surface area (Å²) >= 11 is 0. The molecule has 0 spiro atoms. The van der Waals surface area contributed by atoms with Crippen LogP contribution in [0.2, 0.25) is 0 Å². The number of aromatic nitrogens is 4. The molecule has 28 heavy (non-hydrogen) atoms. The van der Waals surface area contributed by atoms with E-state index in [1.807, 2.05) is 0 Å². The number of hydrogen-bond acceptors (Lipinski definition) is 6. The van der Waals surface area contributed by atoms with Crippen molar-refractivity contribution in [2.24, 2.45) is 5.73 Å². The van der Waals surface area contributed by atoms with Gasteiger partial charge in [0, 0.05) is 32.0 Å². The van der Waals surface area contributed by atoms with Crippen LogP contribution in [0.3, 0.4) is 0 Å². The molecule has 1 aliphatic rings. The van der Waals surface area contributed by atoms with Gasteiger partial charge in [0.05, 0.1) is 11.2 Å². The first-order valence-electron chi connectivity index (χ1n) is 10.2. The van der Waals surface area contributed by atoms with E-state index in [2.05, 4.69) is 51.3 Å². The minimum absolute atomic E-state index is 0.352. The fraction of sp³-hybridized carbons (Fsp3) is 0.476. The van der Waals surface area contributed by atoms with Crippen LogP contribution in [-0.4, -0.2) is 32.8 Å². The molecule has 0 bridgehead atoms. The predicted molar refractivity (Wildman–Crippen MR) is 112 cm³/mol. The van der Waals surface area contributed by atoms with Crippen molar-refractivity contribution < 1.29 is 0 Å². The Morgan fingerprint density at radius 2 is 1.96 bits per heavy atom. The zero-order chi connectivity index (χ0) is 19.5. The lowest BCUT2D eigenvalue weighted by molar-refractivity contribution is 0.676. The largest absolute Gasteiger partial charge is 0.380 e. The molecule has 2 aromatic heterocycles. The zero-order valence-corrected chi connectivity index (χ0v) is 16.5. The number of fused-ring (bicyclic) bond motifs is 1. The Hall–Kier alpha value is -2.51. The van der Waals surface area contributed by atoms with E-state index in [1.165, 1.54) is 5.56 Å². The van der Waals surface area contributed by atoms with Gasteiger partial charge in [-0.15, -0.1) is 5.10 Å². The molecule has 1 unspecified atom stereocenters. The fourth-order valence-electron chi connectivity index (χ4n) is 3.96. The van der Waals surface area contributed by atoms with Gasteiger partial charge in [-0.1, -0.05) is 37.6 Å². The summed E-state index contributed by atoms with van der Waals surface area (Å²) in [5.74, 6) is 1.83. The normalized spacial score (nSPS) is 16.9. The van der Waals surface area contributed by atoms with E-state index in [0.29, 0.717) is 18.3 Å². The summed E-state index contributed by atoms with van der Waals surface area (Å²) in [4.78, 5) is 4.91. The molecule has 5 N–H and O–H groups in total. The molecule has 1 aromatic carbocycles. The average molecular weight is 380 g/mol. The summed E-state index contributed by atoms with van der Waals surface area (Å²) in [6.45, 7) is 5.44. The highest BCUT2D eigenvalue weighted by Gasteiger charge is 2.26. The maximum Gasteiger partial charge on any atom is 0.174 e. The summed E-state index contributed by atoms with van der Waals surface area (Å²) < 4.78 is 2.31. The number of nitrogens with one attached hydrogen (secondary N) is 1. The second kappa shape index (κ2) is 8.24. The lowest BCUT2D eigenvalue weighted by Gasteiger charge is -2.14. The summed E-state index contributed by atoms with van der Waals surface area (Å²) in [6.07, 6.45) is 4.21. The van der Waals surface area contributed by atoms with Crippen LogP contribution in [0.1, 0.15) is 54.7 Å². The van der Waals surface area contributed by atoms with E-state index in [4.69, 9.17) is 16.5 Å². The molecule has 1 saturated heterocycles. The Labute approximate surface area is 165 Å². The molecule has 0 saturated carbocycles. The van der Waals surface area contributed by atoms with Crippen LogP contribution in [0.25, 0.3) is 11.0 Å².